The molecule has 0 fully saturated rings. The van der Waals surface area contributed by atoms with Crippen molar-refractivity contribution in [3.05, 3.63) is 47.5 Å². The molecule has 0 amide bonds. The van der Waals surface area contributed by atoms with E-state index in [4.69, 9.17) is 0 Å². The minimum absolute atomic E-state index is 0.0264. The van der Waals surface area contributed by atoms with Crippen LogP contribution in [0.2, 0.25) is 0 Å². The zero-order chi connectivity index (χ0) is 17.5. The Labute approximate surface area is 140 Å². The van der Waals surface area contributed by atoms with Gasteiger partial charge in [0.2, 0.25) is 0 Å². The zero-order valence-corrected chi connectivity index (χ0v) is 14.4. The summed E-state index contributed by atoms with van der Waals surface area (Å²) in [6.45, 7) is 7.82. The highest BCUT2D eigenvalue weighted by Gasteiger charge is 2.24. The number of carbonyl (C=O) groups is 1. The number of nitrogens with zero attached hydrogens (tertiary/aromatic N) is 3. The van der Waals surface area contributed by atoms with Crippen molar-refractivity contribution >= 4 is 16.8 Å². The quantitative estimate of drug-likeness (QED) is 0.739. The van der Waals surface area contributed by atoms with Gasteiger partial charge in [-0.3, -0.25) is 4.79 Å². The van der Waals surface area contributed by atoms with Crippen molar-refractivity contribution in [1.29, 1.82) is 0 Å². The first-order chi connectivity index (χ1) is 11.3. The van der Waals surface area contributed by atoms with Gasteiger partial charge in [0.1, 0.15) is 22.5 Å². The first kappa shape index (κ1) is 16.2. The Kier molecular flexibility index (Phi) is 3.87. The van der Waals surface area contributed by atoms with Gasteiger partial charge in [0.15, 0.2) is 5.78 Å². The first-order valence-corrected chi connectivity index (χ1v) is 8.04. The minimum atomic E-state index is -0.310. The lowest BCUT2D eigenvalue weighted by molar-refractivity contribution is 0.0988. The van der Waals surface area contributed by atoms with E-state index in [0.717, 1.165) is 11.0 Å². The second-order valence-electron chi connectivity index (χ2n) is 6.90. The van der Waals surface area contributed by atoms with E-state index in [2.05, 4.69) is 10.2 Å². The van der Waals surface area contributed by atoms with E-state index in [1.807, 2.05) is 52.0 Å². The zero-order valence-electron chi connectivity index (χ0n) is 14.4. The molecule has 5 nitrogen and oxygen atoms in total. The van der Waals surface area contributed by atoms with Gasteiger partial charge >= 0.3 is 0 Å². The summed E-state index contributed by atoms with van der Waals surface area (Å²) < 4.78 is 0. The van der Waals surface area contributed by atoms with Gasteiger partial charge < -0.3 is 5.11 Å². The summed E-state index contributed by atoms with van der Waals surface area (Å²) in [5, 5.41) is 19.6. The van der Waals surface area contributed by atoms with Crippen LogP contribution in [0.15, 0.2) is 36.4 Å². The summed E-state index contributed by atoms with van der Waals surface area (Å²) in [5.41, 5.74) is 2.86. The average molecular weight is 323 g/mol. The van der Waals surface area contributed by atoms with Crippen molar-refractivity contribution in [3.8, 4) is 11.4 Å². The molecular formula is C19H21N3O2. The van der Waals surface area contributed by atoms with Crippen molar-refractivity contribution < 1.29 is 9.90 Å². The van der Waals surface area contributed by atoms with E-state index < -0.39 is 0 Å². The van der Waals surface area contributed by atoms with Crippen LogP contribution in [0.4, 0.5) is 0 Å². The van der Waals surface area contributed by atoms with Crippen LogP contribution < -0.4 is 0 Å². The molecule has 0 saturated heterocycles. The highest BCUT2D eigenvalue weighted by molar-refractivity contribution is 5.97. The van der Waals surface area contributed by atoms with Gasteiger partial charge in [0.05, 0.1) is 0 Å². The number of carbonyl (C=O) groups excluding carboxylic acids is 1. The van der Waals surface area contributed by atoms with Crippen molar-refractivity contribution in [2.45, 2.75) is 39.5 Å². The van der Waals surface area contributed by atoms with Crippen molar-refractivity contribution in [2.24, 2.45) is 0 Å². The molecule has 24 heavy (non-hydrogen) atoms. The fourth-order valence-corrected chi connectivity index (χ4v) is 2.68. The molecule has 0 aliphatic carbocycles. The van der Waals surface area contributed by atoms with Gasteiger partial charge in [-0.05, 0) is 29.7 Å². The van der Waals surface area contributed by atoms with Crippen LogP contribution in [0.25, 0.3) is 16.7 Å². The molecule has 1 aromatic heterocycles. The van der Waals surface area contributed by atoms with Gasteiger partial charge in [-0.1, -0.05) is 39.8 Å². The Balaban J connectivity index is 2.27. The third kappa shape index (κ3) is 2.77. The Morgan fingerprint density at radius 1 is 1.12 bits per heavy atom. The number of fused-ring (bicyclic) bond motifs is 1. The molecule has 3 rings (SSSR count). The monoisotopic (exact) mass is 323 g/mol. The predicted molar refractivity (Wildman–Crippen MR) is 93.9 cm³/mol. The van der Waals surface area contributed by atoms with Gasteiger partial charge in [-0.25, -0.2) is 0 Å². The summed E-state index contributed by atoms with van der Waals surface area (Å²) in [7, 11) is 0. The minimum Gasteiger partial charge on any atom is -0.505 e. The van der Waals surface area contributed by atoms with Crippen LogP contribution in [-0.4, -0.2) is 25.9 Å². The van der Waals surface area contributed by atoms with Crippen LogP contribution in [0.3, 0.4) is 0 Å². The van der Waals surface area contributed by atoms with Gasteiger partial charge in [0, 0.05) is 17.5 Å². The Morgan fingerprint density at radius 3 is 2.21 bits per heavy atom. The highest BCUT2D eigenvalue weighted by atomic mass is 16.3. The van der Waals surface area contributed by atoms with Gasteiger partial charge in [-0.2, -0.15) is 0 Å². The molecule has 124 valence electrons. The molecule has 0 aliphatic heterocycles. The Bertz CT molecular complexity index is 887. The van der Waals surface area contributed by atoms with Gasteiger partial charge in [0.25, 0.3) is 0 Å². The number of hydrogen-bond donors (Lipinski definition) is 1. The van der Waals surface area contributed by atoms with Crippen LogP contribution in [-0.2, 0) is 5.41 Å². The molecule has 0 bridgehead atoms. The number of aromatic nitrogens is 3. The number of Topliss-reactive ketones (excluding diaryl/α,β-unsaturated/α-hetero) is 1. The molecule has 0 spiro atoms. The molecule has 1 N–H and O–H groups in total. The van der Waals surface area contributed by atoms with E-state index in [1.165, 1.54) is 4.80 Å². The Morgan fingerprint density at radius 2 is 1.71 bits per heavy atom. The van der Waals surface area contributed by atoms with Gasteiger partial charge in [-0.15, -0.1) is 15.0 Å². The number of ketones is 1. The number of hydrogen-bond acceptors (Lipinski definition) is 4. The lowest BCUT2D eigenvalue weighted by Crippen LogP contribution is -2.15. The van der Waals surface area contributed by atoms with Crippen LogP contribution in [0, 0.1) is 0 Å². The van der Waals surface area contributed by atoms with E-state index in [9.17, 15) is 9.90 Å². The first-order valence-electron chi connectivity index (χ1n) is 8.04. The van der Waals surface area contributed by atoms with Crippen molar-refractivity contribution in [1.82, 2.24) is 15.0 Å². The van der Waals surface area contributed by atoms with Crippen molar-refractivity contribution in [3.63, 3.8) is 0 Å². The lowest BCUT2D eigenvalue weighted by Gasteiger charge is -2.22. The van der Waals surface area contributed by atoms with Crippen LogP contribution >= 0.6 is 0 Å². The fraction of sp³-hybridized carbons (Fsp3) is 0.316. The van der Waals surface area contributed by atoms with E-state index >= 15 is 0 Å². The molecule has 2 aromatic carbocycles. The van der Waals surface area contributed by atoms with E-state index in [0.29, 0.717) is 23.2 Å². The number of benzene rings is 2. The van der Waals surface area contributed by atoms with Crippen LogP contribution in [0.1, 0.15) is 50.0 Å². The second kappa shape index (κ2) is 5.74. The smallest absolute Gasteiger partial charge is 0.162 e. The summed E-state index contributed by atoms with van der Waals surface area (Å²) in [6.07, 6.45) is 0.405. The maximum Gasteiger partial charge on any atom is 0.162 e. The standard InChI is InChI=1S/C19H21N3O2/c1-5-17(23)12-10-13(19(2,3)4)18(24)16(11-12)22-20-14-8-6-7-9-15(14)21-22/h6-11,24H,5H2,1-4H3. The van der Waals surface area contributed by atoms with Crippen LogP contribution in [0.5, 0.6) is 5.75 Å². The third-order valence-electron chi connectivity index (χ3n) is 4.04. The molecule has 0 aliphatic rings. The Hall–Kier alpha value is -2.69. The SMILES string of the molecule is CCC(=O)c1cc(-n2nc3ccccc3n2)c(O)c(C(C)(C)C)c1. The number of phenolic OH excluding ortho intramolecular Hbond substituents is 1. The maximum atomic E-state index is 12.2. The second-order valence-corrected chi connectivity index (χ2v) is 6.90. The molecule has 5 heteroatoms. The average Bonchev–Trinajstić information content (AvgIpc) is 2.97. The van der Waals surface area contributed by atoms with E-state index in [1.54, 1.807) is 12.1 Å². The predicted octanol–water partition coefficient (Wildman–Crippen LogP) is 4.02. The molecule has 0 unspecified atom stereocenters. The topological polar surface area (TPSA) is 68.0 Å². The summed E-state index contributed by atoms with van der Waals surface area (Å²) in [6, 6.07) is 10.9. The number of rotatable bonds is 3. The highest BCUT2D eigenvalue weighted by Crippen LogP contribution is 2.36. The largest absolute Gasteiger partial charge is 0.505 e. The summed E-state index contributed by atoms with van der Waals surface area (Å²) in [5.74, 6) is 0.133. The normalized spacial score (nSPS) is 11.8. The molecule has 1 heterocycles. The molecule has 3 aromatic rings. The number of aromatic hydroxyl groups is 1. The summed E-state index contributed by atoms with van der Waals surface area (Å²) in [4.78, 5) is 13.6. The van der Waals surface area contributed by atoms with Crippen molar-refractivity contribution in [2.75, 3.05) is 0 Å². The molecule has 0 saturated carbocycles. The van der Waals surface area contributed by atoms with E-state index in [-0.39, 0.29) is 16.9 Å². The lowest BCUT2D eigenvalue weighted by atomic mass is 9.84. The fourth-order valence-electron chi connectivity index (χ4n) is 2.68. The summed E-state index contributed by atoms with van der Waals surface area (Å²) >= 11 is 0. The maximum absolute atomic E-state index is 12.2. The molecule has 0 atom stereocenters. The molecule has 0 radical (unpaired) electrons. The third-order valence-corrected chi connectivity index (χ3v) is 4.04. The molecular weight excluding hydrogens is 302 g/mol. The number of phenols is 1.